The Kier molecular flexibility index (Phi) is 5.90. The van der Waals surface area contributed by atoms with E-state index in [0.29, 0.717) is 29.0 Å². The number of nitrogens with two attached hydrogens (primary N) is 1. The van der Waals surface area contributed by atoms with Crippen molar-refractivity contribution in [2.45, 2.75) is 46.2 Å². The fourth-order valence-electron chi connectivity index (χ4n) is 3.93. The number of pyridine rings is 2. The second-order valence-electron chi connectivity index (χ2n) is 8.09. The molecule has 0 aliphatic carbocycles. The third-order valence-electron chi connectivity index (χ3n) is 5.80. The minimum Gasteiger partial charge on any atom is -0.345 e. The second-order valence-corrected chi connectivity index (χ2v) is 8.09. The van der Waals surface area contributed by atoms with E-state index in [9.17, 15) is 9.59 Å². The van der Waals surface area contributed by atoms with Gasteiger partial charge < -0.3 is 11.1 Å². The number of nitrogens with zero attached hydrogens (tertiary/aromatic N) is 3. The number of nitrogen functional groups attached to an aromatic ring is 1. The van der Waals surface area contributed by atoms with Crippen LogP contribution >= 0.6 is 0 Å². The molecular formula is C25H28N5O2+. The van der Waals surface area contributed by atoms with Gasteiger partial charge in [-0.2, -0.15) is 0 Å². The molecule has 0 saturated heterocycles. The van der Waals surface area contributed by atoms with Crippen LogP contribution in [0.3, 0.4) is 0 Å². The highest BCUT2D eigenvalue weighted by Crippen LogP contribution is 2.18. The Morgan fingerprint density at radius 3 is 2.69 bits per heavy atom. The van der Waals surface area contributed by atoms with Gasteiger partial charge in [-0.15, -0.1) is 0 Å². The average Bonchev–Trinajstić information content (AvgIpc) is 2.79. The number of rotatable bonds is 6. The predicted octanol–water partition coefficient (Wildman–Crippen LogP) is 3.32. The molecule has 1 aromatic carbocycles. The van der Waals surface area contributed by atoms with Crippen LogP contribution in [0.4, 0.5) is 5.82 Å². The number of benzene rings is 1. The molecule has 3 heterocycles. The van der Waals surface area contributed by atoms with Gasteiger partial charge in [-0.05, 0) is 38.0 Å². The fraction of sp³-hybridized carbons (Fsp3) is 0.280. The maximum Gasteiger partial charge on any atom is 0.278 e. The molecule has 0 radical (unpaired) electrons. The number of fused-ring (bicyclic) bond motifs is 2. The maximum absolute atomic E-state index is 13.3. The summed E-state index contributed by atoms with van der Waals surface area (Å²) in [4.78, 5) is 31.3. The van der Waals surface area contributed by atoms with Gasteiger partial charge in [0, 0.05) is 11.8 Å². The van der Waals surface area contributed by atoms with Crippen LogP contribution < -0.4 is 21.2 Å². The van der Waals surface area contributed by atoms with Crippen LogP contribution in [-0.2, 0) is 6.54 Å². The minimum atomic E-state index is -0.320. The number of aromatic nitrogens is 3. The van der Waals surface area contributed by atoms with E-state index in [1.807, 2.05) is 56.3 Å². The van der Waals surface area contributed by atoms with E-state index in [-0.39, 0.29) is 23.1 Å². The normalized spacial score (nSPS) is 12.2. The van der Waals surface area contributed by atoms with Crippen LogP contribution in [0.25, 0.3) is 16.7 Å². The van der Waals surface area contributed by atoms with Gasteiger partial charge in [0.05, 0.1) is 12.6 Å². The molecule has 32 heavy (non-hydrogen) atoms. The van der Waals surface area contributed by atoms with Crippen molar-refractivity contribution < 1.29 is 9.36 Å². The zero-order chi connectivity index (χ0) is 22.8. The number of nitrogens with one attached hydrogen (secondary N) is 1. The van der Waals surface area contributed by atoms with Crippen molar-refractivity contribution in [3.8, 4) is 0 Å². The second kappa shape index (κ2) is 8.78. The predicted molar refractivity (Wildman–Crippen MR) is 126 cm³/mol. The average molecular weight is 431 g/mol. The zero-order valence-electron chi connectivity index (χ0n) is 18.6. The van der Waals surface area contributed by atoms with E-state index >= 15 is 0 Å². The van der Waals surface area contributed by atoms with Crippen molar-refractivity contribution in [3.63, 3.8) is 0 Å². The lowest BCUT2D eigenvalue weighted by molar-refractivity contribution is -0.659. The Morgan fingerprint density at radius 1 is 1.22 bits per heavy atom. The van der Waals surface area contributed by atoms with Crippen molar-refractivity contribution in [3.05, 3.63) is 81.8 Å². The fourth-order valence-corrected chi connectivity index (χ4v) is 3.93. The molecule has 7 heteroatoms. The number of hydrogen-bond donors (Lipinski definition) is 2. The van der Waals surface area contributed by atoms with Gasteiger partial charge in [0.2, 0.25) is 11.5 Å². The molecule has 1 atom stereocenters. The van der Waals surface area contributed by atoms with Crippen molar-refractivity contribution in [2.75, 3.05) is 5.73 Å². The third kappa shape index (κ3) is 3.82. The molecular weight excluding hydrogens is 402 g/mol. The molecule has 3 aromatic heterocycles. The largest absolute Gasteiger partial charge is 0.345 e. The lowest BCUT2D eigenvalue weighted by Gasteiger charge is -2.16. The highest BCUT2D eigenvalue weighted by molar-refractivity contribution is 6.00. The Hall–Kier alpha value is -3.74. The lowest BCUT2D eigenvalue weighted by Crippen LogP contribution is -2.43. The van der Waals surface area contributed by atoms with Gasteiger partial charge in [-0.1, -0.05) is 54.7 Å². The van der Waals surface area contributed by atoms with Crippen LogP contribution in [0.2, 0.25) is 0 Å². The van der Waals surface area contributed by atoms with Crippen LogP contribution in [0.1, 0.15) is 54.2 Å². The van der Waals surface area contributed by atoms with Crippen molar-refractivity contribution in [1.82, 2.24) is 14.7 Å². The molecule has 7 nitrogen and oxygen atoms in total. The summed E-state index contributed by atoms with van der Waals surface area (Å²) in [6.07, 6.45) is 3.49. The van der Waals surface area contributed by atoms with Gasteiger partial charge in [-0.3, -0.25) is 14.0 Å². The van der Waals surface area contributed by atoms with Crippen LogP contribution in [0.5, 0.6) is 0 Å². The summed E-state index contributed by atoms with van der Waals surface area (Å²) in [7, 11) is 0. The lowest BCUT2D eigenvalue weighted by atomic mass is 10.1. The van der Waals surface area contributed by atoms with Crippen molar-refractivity contribution in [1.29, 1.82) is 0 Å². The molecule has 1 amide bonds. The van der Waals surface area contributed by atoms with Crippen molar-refractivity contribution >= 4 is 28.4 Å². The Morgan fingerprint density at radius 2 is 1.97 bits per heavy atom. The van der Waals surface area contributed by atoms with Crippen LogP contribution in [0, 0.1) is 6.92 Å². The first-order chi connectivity index (χ1) is 15.4. The van der Waals surface area contributed by atoms with Gasteiger partial charge in [0.15, 0.2) is 0 Å². The van der Waals surface area contributed by atoms with Gasteiger partial charge >= 0.3 is 0 Å². The third-order valence-corrected chi connectivity index (χ3v) is 5.80. The number of carbonyl (C=O) groups is 1. The van der Waals surface area contributed by atoms with Crippen molar-refractivity contribution in [2.24, 2.45) is 0 Å². The monoisotopic (exact) mass is 430 g/mol. The summed E-state index contributed by atoms with van der Waals surface area (Å²) in [6, 6.07) is 14.8. The summed E-state index contributed by atoms with van der Waals surface area (Å²) in [5.74, 6) is -0.00622. The summed E-state index contributed by atoms with van der Waals surface area (Å²) < 4.78 is 3.32. The van der Waals surface area contributed by atoms with E-state index < -0.39 is 0 Å². The highest BCUT2D eigenvalue weighted by Gasteiger charge is 2.25. The van der Waals surface area contributed by atoms with E-state index in [1.54, 1.807) is 16.8 Å². The molecule has 0 aliphatic rings. The molecule has 4 aromatic rings. The summed E-state index contributed by atoms with van der Waals surface area (Å²) >= 11 is 0. The highest BCUT2D eigenvalue weighted by atomic mass is 16.2. The molecule has 0 aliphatic heterocycles. The molecule has 3 N–H and O–H groups in total. The van der Waals surface area contributed by atoms with E-state index in [2.05, 4.69) is 12.2 Å². The van der Waals surface area contributed by atoms with Gasteiger partial charge in [0.1, 0.15) is 10.9 Å². The molecule has 4 rings (SSSR count). The standard InChI is InChI=1S/C25H27N5O2/c1-4-5-13-29-21(26)19(24(31)27-17(3)18-11-7-6-8-12-18)15-20-23(29)28-22-16(2)10-9-14-30(22)25(20)32/h6-12,14-15,17,26H,4-5,13H2,1-3H3,(H,27,31)/p+1/t17-/m0/s1. The Bertz CT molecular complexity index is 1360. The molecule has 0 spiro atoms. The Labute approximate surface area is 186 Å². The Balaban J connectivity index is 1.88. The summed E-state index contributed by atoms with van der Waals surface area (Å²) in [5.41, 5.74) is 9.53. The van der Waals surface area contributed by atoms with Gasteiger partial charge in [-0.25, -0.2) is 4.57 Å². The maximum atomic E-state index is 13.3. The van der Waals surface area contributed by atoms with E-state index in [0.717, 1.165) is 24.0 Å². The first-order valence-electron chi connectivity index (χ1n) is 10.9. The molecule has 0 bridgehead atoms. The number of anilines is 1. The number of unbranched alkanes of at least 4 members (excludes halogenated alkanes) is 1. The molecule has 0 saturated carbocycles. The van der Waals surface area contributed by atoms with Crippen LogP contribution in [0.15, 0.2) is 59.5 Å². The topological polar surface area (TPSA) is 93.4 Å². The smallest absolute Gasteiger partial charge is 0.278 e. The molecule has 0 unspecified atom stereocenters. The number of carbonyl (C=O) groups excluding carboxylic acids is 1. The zero-order valence-corrected chi connectivity index (χ0v) is 18.6. The number of aryl methyl sites for hydroxylation is 2. The first kappa shape index (κ1) is 21.5. The number of hydrogen-bond acceptors (Lipinski definition) is 4. The van der Waals surface area contributed by atoms with Gasteiger partial charge in [0.25, 0.3) is 17.1 Å². The molecule has 0 fully saturated rings. The van der Waals surface area contributed by atoms with Crippen LogP contribution in [-0.4, -0.2) is 15.3 Å². The minimum absolute atomic E-state index is 0.207. The van der Waals surface area contributed by atoms with E-state index in [1.165, 1.54) is 4.40 Å². The SMILES string of the molecule is CCCC[n+]1c(N)c(C(=O)N[C@@H](C)c2ccccc2)cc2c(=O)n3cccc(C)c3nc21. The quantitative estimate of drug-likeness (QED) is 0.362. The number of amides is 1. The van der Waals surface area contributed by atoms with E-state index in [4.69, 9.17) is 10.7 Å². The summed E-state index contributed by atoms with van der Waals surface area (Å²) in [5, 5.41) is 3.38. The molecule has 164 valence electrons. The summed E-state index contributed by atoms with van der Waals surface area (Å²) in [6.45, 7) is 6.49. The first-order valence-corrected chi connectivity index (χ1v) is 10.9.